The third-order valence-electron chi connectivity index (χ3n) is 10.2. The van der Waals surface area contributed by atoms with Gasteiger partial charge in [0, 0.05) is 37.9 Å². The first-order valence-corrected chi connectivity index (χ1v) is 16.9. The molecule has 0 saturated carbocycles. The predicted octanol–water partition coefficient (Wildman–Crippen LogP) is 12.3. The van der Waals surface area contributed by atoms with Gasteiger partial charge in [0.15, 0.2) is 0 Å². The number of aromatic nitrogens is 3. The minimum atomic E-state index is 0.648. The van der Waals surface area contributed by atoms with Crippen LogP contribution in [0, 0.1) is 0 Å². The summed E-state index contributed by atoms with van der Waals surface area (Å²) in [7, 11) is 0. The smallest absolute Gasteiger partial charge is 0.235 e. The molecule has 0 radical (unpaired) electrons. The van der Waals surface area contributed by atoms with Gasteiger partial charge >= 0.3 is 0 Å². The minimum absolute atomic E-state index is 0.648. The van der Waals surface area contributed by atoms with Crippen molar-refractivity contribution in [2.75, 3.05) is 0 Å². The first kappa shape index (κ1) is 27.2. The van der Waals surface area contributed by atoms with Crippen molar-refractivity contribution in [3.8, 4) is 28.3 Å². The average Bonchev–Trinajstić information content (AvgIpc) is 3.74. The minimum Gasteiger partial charge on any atom is -0.455 e. The van der Waals surface area contributed by atoms with E-state index in [0.717, 1.165) is 76.9 Å². The monoisotopic (exact) mass is 637 g/mol. The molecule has 0 N–H and O–H groups in total. The zero-order valence-corrected chi connectivity index (χ0v) is 26.8. The van der Waals surface area contributed by atoms with E-state index in [1.807, 2.05) is 24.3 Å². The van der Waals surface area contributed by atoms with Crippen LogP contribution in [0.2, 0.25) is 0 Å². The lowest BCUT2D eigenvalue weighted by Gasteiger charge is -2.13. The SMILES string of the molecule is c1ccc(-c2ccc3nc(-n4c5ccccc5c5c6ccc7ccc8c9ccccc9oc8c7c6ccc54)nc(-c4ccccc4)c3c2)cc1. The summed E-state index contributed by atoms with van der Waals surface area (Å²) in [6.45, 7) is 0. The molecular formula is C46H27N3O. The van der Waals surface area contributed by atoms with Crippen LogP contribution in [0.5, 0.6) is 0 Å². The Kier molecular flexibility index (Phi) is 5.63. The van der Waals surface area contributed by atoms with Crippen LogP contribution in [0.1, 0.15) is 0 Å². The highest BCUT2D eigenvalue weighted by molar-refractivity contribution is 6.29. The number of benzene rings is 8. The van der Waals surface area contributed by atoms with Crippen LogP contribution in [-0.4, -0.2) is 14.5 Å². The highest BCUT2D eigenvalue weighted by Gasteiger charge is 2.21. The van der Waals surface area contributed by atoms with E-state index in [1.165, 1.54) is 21.7 Å². The largest absolute Gasteiger partial charge is 0.455 e. The van der Waals surface area contributed by atoms with E-state index in [9.17, 15) is 0 Å². The maximum Gasteiger partial charge on any atom is 0.235 e. The van der Waals surface area contributed by atoms with Gasteiger partial charge in [-0.15, -0.1) is 0 Å². The zero-order chi connectivity index (χ0) is 32.8. The molecule has 0 fully saturated rings. The first-order chi connectivity index (χ1) is 24.8. The molecule has 4 heteroatoms. The summed E-state index contributed by atoms with van der Waals surface area (Å²) in [6.07, 6.45) is 0. The molecule has 0 aliphatic carbocycles. The Bertz CT molecular complexity index is 3140. The molecule has 0 aliphatic rings. The molecule has 0 bridgehead atoms. The van der Waals surface area contributed by atoms with Gasteiger partial charge in [0.1, 0.15) is 11.2 Å². The normalized spacial score (nSPS) is 12.0. The van der Waals surface area contributed by atoms with Gasteiger partial charge in [-0.25, -0.2) is 9.97 Å². The summed E-state index contributed by atoms with van der Waals surface area (Å²) in [5.41, 5.74) is 9.14. The zero-order valence-electron chi connectivity index (χ0n) is 26.8. The Hall–Kier alpha value is -6.78. The Balaban J connectivity index is 1.22. The molecule has 11 rings (SSSR count). The molecule has 232 valence electrons. The number of rotatable bonds is 3. The molecule has 0 amide bonds. The van der Waals surface area contributed by atoms with Gasteiger partial charge < -0.3 is 4.42 Å². The third kappa shape index (κ3) is 3.87. The second-order valence-electron chi connectivity index (χ2n) is 12.9. The summed E-state index contributed by atoms with van der Waals surface area (Å²) < 4.78 is 8.78. The van der Waals surface area contributed by atoms with E-state index < -0.39 is 0 Å². The van der Waals surface area contributed by atoms with Crippen molar-refractivity contribution in [1.82, 2.24) is 14.5 Å². The van der Waals surface area contributed by atoms with Gasteiger partial charge in [0.2, 0.25) is 5.95 Å². The number of nitrogens with zero attached hydrogens (tertiary/aromatic N) is 3. The van der Waals surface area contributed by atoms with Crippen molar-refractivity contribution in [3.05, 3.63) is 164 Å². The fourth-order valence-corrected chi connectivity index (χ4v) is 7.93. The van der Waals surface area contributed by atoms with Gasteiger partial charge in [-0.3, -0.25) is 4.57 Å². The third-order valence-corrected chi connectivity index (χ3v) is 10.2. The fourth-order valence-electron chi connectivity index (χ4n) is 7.93. The van der Waals surface area contributed by atoms with Crippen molar-refractivity contribution in [3.63, 3.8) is 0 Å². The van der Waals surface area contributed by atoms with E-state index >= 15 is 0 Å². The molecule has 0 aliphatic heterocycles. The van der Waals surface area contributed by atoms with Crippen molar-refractivity contribution < 1.29 is 4.42 Å². The molecule has 4 nitrogen and oxygen atoms in total. The molecule has 8 aromatic carbocycles. The van der Waals surface area contributed by atoms with Crippen LogP contribution < -0.4 is 0 Å². The average molecular weight is 638 g/mol. The lowest BCUT2D eigenvalue weighted by Crippen LogP contribution is -2.03. The predicted molar refractivity (Wildman–Crippen MR) is 207 cm³/mol. The maximum absolute atomic E-state index is 6.56. The Morgan fingerprint density at radius 1 is 0.420 bits per heavy atom. The van der Waals surface area contributed by atoms with Crippen LogP contribution >= 0.6 is 0 Å². The Labute approximate surface area is 286 Å². The van der Waals surface area contributed by atoms with Crippen molar-refractivity contribution >= 4 is 76.2 Å². The number of fused-ring (bicyclic) bond motifs is 12. The van der Waals surface area contributed by atoms with Gasteiger partial charge in [-0.1, -0.05) is 127 Å². The quantitative estimate of drug-likeness (QED) is 0.181. The first-order valence-electron chi connectivity index (χ1n) is 16.9. The summed E-state index contributed by atoms with van der Waals surface area (Å²) in [6, 6.07) is 57.7. The molecule has 11 aromatic rings. The molecule has 0 spiro atoms. The summed E-state index contributed by atoms with van der Waals surface area (Å²) in [4.78, 5) is 10.7. The Morgan fingerprint density at radius 3 is 1.94 bits per heavy atom. The number of hydrogen-bond donors (Lipinski definition) is 0. The summed E-state index contributed by atoms with van der Waals surface area (Å²) in [5.74, 6) is 0.648. The topological polar surface area (TPSA) is 43.9 Å². The number of para-hydroxylation sites is 2. The van der Waals surface area contributed by atoms with E-state index in [4.69, 9.17) is 14.4 Å². The van der Waals surface area contributed by atoms with Crippen LogP contribution in [0.15, 0.2) is 168 Å². The molecule has 0 atom stereocenters. The maximum atomic E-state index is 6.56. The van der Waals surface area contributed by atoms with Gasteiger partial charge in [-0.2, -0.15) is 0 Å². The van der Waals surface area contributed by atoms with E-state index in [-0.39, 0.29) is 0 Å². The van der Waals surface area contributed by atoms with E-state index in [1.54, 1.807) is 0 Å². The van der Waals surface area contributed by atoms with Crippen molar-refractivity contribution in [2.45, 2.75) is 0 Å². The lowest BCUT2D eigenvalue weighted by molar-refractivity contribution is 0.673. The summed E-state index contributed by atoms with van der Waals surface area (Å²) >= 11 is 0. The van der Waals surface area contributed by atoms with Gasteiger partial charge in [-0.05, 0) is 63.7 Å². The van der Waals surface area contributed by atoms with Gasteiger partial charge in [0.25, 0.3) is 0 Å². The van der Waals surface area contributed by atoms with E-state index in [2.05, 4.69) is 144 Å². The lowest BCUT2D eigenvalue weighted by atomic mass is 9.96. The Morgan fingerprint density at radius 2 is 1.10 bits per heavy atom. The van der Waals surface area contributed by atoms with Crippen molar-refractivity contribution in [1.29, 1.82) is 0 Å². The molecule has 3 heterocycles. The molecular weight excluding hydrogens is 611 g/mol. The molecule has 3 aromatic heterocycles. The molecule has 0 unspecified atom stereocenters. The highest BCUT2D eigenvalue weighted by Crippen LogP contribution is 2.42. The van der Waals surface area contributed by atoms with Crippen molar-refractivity contribution in [2.24, 2.45) is 0 Å². The summed E-state index contributed by atoms with van der Waals surface area (Å²) in [5, 5.41) is 10.3. The van der Waals surface area contributed by atoms with Crippen LogP contribution in [0.25, 0.3) is 105 Å². The second kappa shape index (κ2) is 10.4. The van der Waals surface area contributed by atoms with Crippen LogP contribution in [0.3, 0.4) is 0 Å². The van der Waals surface area contributed by atoms with Crippen LogP contribution in [-0.2, 0) is 0 Å². The van der Waals surface area contributed by atoms with Crippen LogP contribution in [0.4, 0.5) is 0 Å². The highest BCUT2D eigenvalue weighted by atomic mass is 16.3. The van der Waals surface area contributed by atoms with Gasteiger partial charge in [0.05, 0.1) is 22.2 Å². The fraction of sp³-hybridized carbons (Fsp3) is 0. The number of hydrogen-bond acceptors (Lipinski definition) is 3. The van der Waals surface area contributed by atoms with E-state index in [0.29, 0.717) is 5.95 Å². The molecule has 50 heavy (non-hydrogen) atoms. The number of furan rings is 1. The standard InChI is InChI=1S/C46H27N3O/c1-3-11-28(12-4-1)31-21-25-38-37(27-31)44(30-13-5-2-6-14-30)48-46(47-38)49-39-17-9-7-16-36(39)43-34-22-19-29-20-23-35-32-15-8-10-18-41(32)50-45(35)42(29)33(34)24-26-40(43)49/h1-27H. The second-order valence-corrected chi connectivity index (χ2v) is 12.9. The molecule has 0 saturated heterocycles.